The summed E-state index contributed by atoms with van der Waals surface area (Å²) in [7, 11) is -2.26. The number of amides is 1. The molecule has 0 unspecified atom stereocenters. The van der Waals surface area contributed by atoms with E-state index in [1.807, 2.05) is 0 Å². The molecule has 8 heteroatoms. The lowest BCUT2D eigenvalue weighted by Crippen LogP contribution is -2.30. The fourth-order valence-electron chi connectivity index (χ4n) is 2.51. The Kier molecular flexibility index (Phi) is 6.23. The van der Waals surface area contributed by atoms with E-state index in [1.54, 1.807) is 26.0 Å². The van der Waals surface area contributed by atoms with Gasteiger partial charge in [-0.25, -0.2) is 8.42 Å². The zero-order valence-corrected chi connectivity index (χ0v) is 15.7. The molecule has 0 fully saturated rings. The predicted molar refractivity (Wildman–Crippen MR) is 99.2 cm³/mol. The van der Waals surface area contributed by atoms with E-state index in [9.17, 15) is 18.3 Å². The maximum Gasteiger partial charge on any atom is 0.259 e. The van der Waals surface area contributed by atoms with Crippen LogP contribution in [0, 0.1) is 0 Å². The average Bonchev–Trinajstić information content (AvgIpc) is 2.62. The molecule has 2 aromatic rings. The summed E-state index contributed by atoms with van der Waals surface area (Å²) in [6, 6.07) is 10.3. The van der Waals surface area contributed by atoms with Gasteiger partial charge in [-0.15, -0.1) is 0 Å². The summed E-state index contributed by atoms with van der Waals surface area (Å²) in [6.07, 6.45) is 0. The molecule has 0 radical (unpaired) electrons. The van der Waals surface area contributed by atoms with Crippen LogP contribution in [-0.2, 0) is 10.0 Å². The number of anilines is 1. The van der Waals surface area contributed by atoms with E-state index in [2.05, 4.69) is 5.32 Å². The van der Waals surface area contributed by atoms with Gasteiger partial charge in [-0.2, -0.15) is 4.31 Å². The minimum absolute atomic E-state index is 0.0505. The zero-order chi connectivity index (χ0) is 19.3. The standard InChI is InChI=1S/C18H22N2O5S/c1-4-20(5-2)26(23,24)13-10-11-17(25-3)15(12-13)19-18(22)14-8-6-7-9-16(14)21/h6-12,21H,4-5H2,1-3H3,(H,19,22). The lowest BCUT2D eigenvalue weighted by atomic mass is 10.2. The summed E-state index contributed by atoms with van der Waals surface area (Å²) in [6.45, 7) is 4.19. The minimum Gasteiger partial charge on any atom is -0.507 e. The van der Waals surface area contributed by atoms with E-state index < -0.39 is 15.9 Å². The van der Waals surface area contributed by atoms with Gasteiger partial charge >= 0.3 is 0 Å². The molecule has 0 aliphatic carbocycles. The molecule has 0 aliphatic heterocycles. The van der Waals surface area contributed by atoms with Gasteiger partial charge in [0.15, 0.2) is 0 Å². The lowest BCUT2D eigenvalue weighted by molar-refractivity contribution is 0.102. The summed E-state index contributed by atoms with van der Waals surface area (Å²) in [5.41, 5.74) is 0.278. The van der Waals surface area contributed by atoms with E-state index in [-0.39, 0.29) is 21.9 Å². The van der Waals surface area contributed by atoms with Gasteiger partial charge in [-0.1, -0.05) is 26.0 Å². The van der Waals surface area contributed by atoms with Gasteiger partial charge in [0.25, 0.3) is 5.91 Å². The van der Waals surface area contributed by atoms with E-state index >= 15 is 0 Å². The van der Waals surface area contributed by atoms with Crippen LogP contribution >= 0.6 is 0 Å². The highest BCUT2D eigenvalue weighted by atomic mass is 32.2. The van der Waals surface area contributed by atoms with Gasteiger partial charge in [0, 0.05) is 13.1 Å². The average molecular weight is 378 g/mol. The third kappa shape index (κ3) is 3.97. The van der Waals surface area contributed by atoms with Crippen molar-refractivity contribution in [2.45, 2.75) is 18.7 Å². The number of phenolic OH excluding ortho intramolecular Hbond substituents is 1. The largest absolute Gasteiger partial charge is 0.507 e. The molecule has 2 rings (SSSR count). The maximum atomic E-state index is 12.7. The zero-order valence-electron chi connectivity index (χ0n) is 14.9. The molecule has 140 valence electrons. The first-order chi connectivity index (χ1) is 12.3. The first kappa shape index (κ1) is 19.7. The smallest absolute Gasteiger partial charge is 0.259 e. The molecule has 26 heavy (non-hydrogen) atoms. The molecular formula is C18H22N2O5S. The number of aromatic hydroxyl groups is 1. The molecule has 0 aromatic heterocycles. The summed E-state index contributed by atoms with van der Waals surface area (Å²) >= 11 is 0. The minimum atomic E-state index is -3.68. The molecule has 2 aromatic carbocycles. The van der Waals surface area contributed by atoms with E-state index in [4.69, 9.17) is 4.74 Å². The molecular weight excluding hydrogens is 356 g/mol. The summed E-state index contributed by atoms with van der Waals surface area (Å²) in [5, 5.41) is 12.4. The second-order valence-electron chi connectivity index (χ2n) is 5.42. The van der Waals surface area contributed by atoms with Crippen molar-refractivity contribution in [3.8, 4) is 11.5 Å². The number of phenols is 1. The van der Waals surface area contributed by atoms with Crippen LogP contribution in [0.25, 0.3) is 0 Å². The molecule has 1 amide bonds. The van der Waals surface area contributed by atoms with Gasteiger partial charge in [0.05, 0.1) is 23.3 Å². The number of benzene rings is 2. The Morgan fingerprint density at radius 2 is 1.81 bits per heavy atom. The van der Waals surface area contributed by atoms with Crippen molar-refractivity contribution >= 4 is 21.6 Å². The maximum absolute atomic E-state index is 12.7. The van der Waals surface area contributed by atoms with Crippen LogP contribution < -0.4 is 10.1 Å². The predicted octanol–water partition coefficient (Wildman–Crippen LogP) is 2.68. The monoisotopic (exact) mass is 378 g/mol. The Morgan fingerprint density at radius 1 is 1.15 bits per heavy atom. The van der Waals surface area contributed by atoms with Gasteiger partial charge < -0.3 is 15.2 Å². The number of ether oxygens (including phenoxy) is 1. The number of carbonyl (C=O) groups is 1. The van der Waals surface area contributed by atoms with Crippen LogP contribution in [0.3, 0.4) is 0 Å². The van der Waals surface area contributed by atoms with Crippen LogP contribution in [-0.4, -0.2) is 43.9 Å². The van der Waals surface area contributed by atoms with Crippen LogP contribution in [0.15, 0.2) is 47.4 Å². The van der Waals surface area contributed by atoms with Gasteiger partial charge in [0.2, 0.25) is 10.0 Å². The molecule has 7 nitrogen and oxygen atoms in total. The fourth-order valence-corrected chi connectivity index (χ4v) is 4.00. The Labute approximate surface area is 153 Å². The van der Waals surface area contributed by atoms with Crippen molar-refractivity contribution in [2.75, 3.05) is 25.5 Å². The van der Waals surface area contributed by atoms with Gasteiger partial charge in [0.1, 0.15) is 11.5 Å². The van der Waals surface area contributed by atoms with E-state index in [0.717, 1.165) is 0 Å². The van der Waals surface area contributed by atoms with Crippen molar-refractivity contribution in [1.29, 1.82) is 0 Å². The molecule has 2 N–H and O–H groups in total. The number of sulfonamides is 1. The Hall–Kier alpha value is -2.58. The molecule has 0 heterocycles. The van der Waals surface area contributed by atoms with Crippen molar-refractivity contribution in [2.24, 2.45) is 0 Å². The van der Waals surface area contributed by atoms with Crippen LogP contribution in [0.2, 0.25) is 0 Å². The summed E-state index contributed by atoms with van der Waals surface area (Å²) in [5.74, 6) is -0.429. The fraction of sp³-hybridized carbons (Fsp3) is 0.278. The Balaban J connectivity index is 2.42. The highest BCUT2D eigenvalue weighted by Gasteiger charge is 2.23. The first-order valence-electron chi connectivity index (χ1n) is 8.12. The molecule has 0 bridgehead atoms. The highest BCUT2D eigenvalue weighted by Crippen LogP contribution is 2.30. The van der Waals surface area contributed by atoms with Crippen LogP contribution in [0.4, 0.5) is 5.69 Å². The van der Waals surface area contributed by atoms with Gasteiger partial charge in [-0.3, -0.25) is 4.79 Å². The number of hydrogen-bond acceptors (Lipinski definition) is 5. The topological polar surface area (TPSA) is 95.9 Å². The van der Waals surface area contributed by atoms with Crippen LogP contribution in [0.1, 0.15) is 24.2 Å². The van der Waals surface area contributed by atoms with Crippen molar-refractivity contribution in [3.05, 3.63) is 48.0 Å². The molecule has 0 saturated carbocycles. The highest BCUT2D eigenvalue weighted by molar-refractivity contribution is 7.89. The van der Waals surface area contributed by atoms with E-state index in [1.165, 1.54) is 41.7 Å². The normalized spacial score (nSPS) is 11.4. The quantitative estimate of drug-likeness (QED) is 0.772. The third-order valence-corrected chi connectivity index (χ3v) is 5.96. The number of nitrogens with one attached hydrogen (secondary N) is 1. The van der Waals surface area contributed by atoms with Crippen LogP contribution in [0.5, 0.6) is 11.5 Å². The van der Waals surface area contributed by atoms with Crippen molar-refractivity contribution < 1.29 is 23.1 Å². The molecule has 0 aliphatic rings. The van der Waals surface area contributed by atoms with Crippen molar-refractivity contribution in [1.82, 2.24) is 4.31 Å². The number of rotatable bonds is 7. The van der Waals surface area contributed by atoms with Crippen molar-refractivity contribution in [3.63, 3.8) is 0 Å². The number of carbonyl (C=O) groups excluding carboxylic acids is 1. The second-order valence-corrected chi connectivity index (χ2v) is 7.36. The third-order valence-electron chi connectivity index (χ3n) is 3.91. The van der Waals surface area contributed by atoms with E-state index in [0.29, 0.717) is 18.8 Å². The summed E-state index contributed by atoms with van der Waals surface area (Å²) < 4.78 is 31.9. The number of nitrogens with zero attached hydrogens (tertiary/aromatic N) is 1. The van der Waals surface area contributed by atoms with Gasteiger partial charge in [-0.05, 0) is 30.3 Å². The molecule has 0 saturated heterocycles. The number of hydrogen-bond donors (Lipinski definition) is 2. The SMILES string of the molecule is CCN(CC)S(=O)(=O)c1ccc(OC)c(NC(=O)c2ccccc2O)c1. The second kappa shape index (κ2) is 8.20. The molecule has 0 atom stereocenters. The lowest BCUT2D eigenvalue weighted by Gasteiger charge is -2.19. The Morgan fingerprint density at radius 3 is 2.38 bits per heavy atom. The first-order valence-corrected chi connectivity index (χ1v) is 9.56. The molecule has 0 spiro atoms. The number of para-hydroxylation sites is 1. The summed E-state index contributed by atoms with van der Waals surface area (Å²) in [4.78, 5) is 12.5. The number of methoxy groups -OCH3 is 1. The Bertz CT molecular complexity index is 892.